The van der Waals surface area contributed by atoms with Gasteiger partial charge in [-0.05, 0) is 19.8 Å². The highest BCUT2D eigenvalue weighted by Crippen LogP contribution is 2.31. The third-order valence-corrected chi connectivity index (χ3v) is 3.02. The van der Waals surface area contributed by atoms with Crippen LogP contribution < -0.4 is 0 Å². The molecule has 0 aliphatic rings. The van der Waals surface area contributed by atoms with Gasteiger partial charge in [-0.1, -0.05) is 37.0 Å². The van der Waals surface area contributed by atoms with Crippen molar-refractivity contribution in [2.75, 3.05) is 6.61 Å². The number of ether oxygens (including phenoxy) is 1. The molecule has 1 aromatic rings. The van der Waals surface area contributed by atoms with Gasteiger partial charge in [-0.3, -0.25) is 0 Å². The largest absolute Gasteiger partial charge is 0.367 e. The normalized spacial score (nSPS) is 11.8. The summed E-state index contributed by atoms with van der Waals surface area (Å²) in [7, 11) is 0. The number of rotatable bonds is 5. The number of aromatic nitrogens is 2. The molecule has 0 N–H and O–H groups in total. The molecule has 1 rings (SSSR count). The van der Waals surface area contributed by atoms with Gasteiger partial charge in [0.25, 0.3) is 0 Å². The van der Waals surface area contributed by atoms with Gasteiger partial charge in [0, 0.05) is 12.7 Å². The summed E-state index contributed by atoms with van der Waals surface area (Å²) in [6.45, 7) is 6.63. The summed E-state index contributed by atoms with van der Waals surface area (Å²) in [5.41, 5.74) is -0.483. The summed E-state index contributed by atoms with van der Waals surface area (Å²) >= 11 is 11.8. The molecule has 0 saturated carbocycles. The van der Waals surface area contributed by atoms with E-state index in [1.54, 1.807) is 0 Å². The Bertz CT molecular complexity index is 334. The van der Waals surface area contributed by atoms with Crippen molar-refractivity contribution in [2.24, 2.45) is 0 Å². The minimum absolute atomic E-state index is 0.348. The van der Waals surface area contributed by atoms with E-state index in [1.807, 2.05) is 20.8 Å². The predicted octanol–water partition coefficient (Wildman–Crippen LogP) is 3.84. The first-order chi connectivity index (χ1) is 7.57. The number of halogens is 2. The fourth-order valence-electron chi connectivity index (χ4n) is 1.71. The molecule has 0 aromatic carbocycles. The first kappa shape index (κ1) is 13.7. The van der Waals surface area contributed by atoms with Crippen LogP contribution in [-0.2, 0) is 10.3 Å². The second-order valence-corrected chi connectivity index (χ2v) is 4.25. The highest BCUT2D eigenvalue weighted by molar-refractivity contribution is 6.33. The fraction of sp³-hybridized carbons (Fsp3) is 0.636. The van der Waals surface area contributed by atoms with Crippen molar-refractivity contribution in [1.29, 1.82) is 0 Å². The van der Waals surface area contributed by atoms with E-state index in [2.05, 4.69) is 9.97 Å². The van der Waals surface area contributed by atoms with E-state index in [-0.39, 0.29) is 0 Å². The van der Waals surface area contributed by atoms with E-state index < -0.39 is 5.60 Å². The zero-order valence-corrected chi connectivity index (χ0v) is 11.3. The molecule has 16 heavy (non-hydrogen) atoms. The van der Waals surface area contributed by atoms with Crippen LogP contribution in [-0.4, -0.2) is 16.6 Å². The molecular weight excluding hydrogens is 247 g/mol. The Morgan fingerprint density at radius 1 is 1.12 bits per heavy atom. The number of hydrogen-bond donors (Lipinski definition) is 0. The topological polar surface area (TPSA) is 35.0 Å². The molecule has 3 nitrogen and oxygen atoms in total. The first-order valence-electron chi connectivity index (χ1n) is 5.42. The molecule has 0 unspecified atom stereocenters. The van der Waals surface area contributed by atoms with Gasteiger partial charge in [0.2, 0.25) is 0 Å². The maximum atomic E-state index is 5.88. The zero-order chi connectivity index (χ0) is 12.2. The first-order valence-corrected chi connectivity index (χ1v) is 6.18. The molecule has 0 aliphatic heterocycles. The van der Waals surface area contributed by atoms with Crippen molar-refractivity contribution in [3.8, 4) is 0 Å². The molecule has 0 atom stereocenters. The highest BCUT2D eigenvalue weighted by atomic mass is 35.5. The van der Waals surface area contributed by atoms with Gasteiger partial charge in [-0.2, -0.15) is 0 Å². The Morgan fingerprint density at radius 3 is 2.00 bits per heavy atom. The van der Waals surface area contributed by atoms with E-state index in [0.29, 0.717) is 22.7 Å². The van der Waals surface area contributed by atoms with Gasteiger partial charge in [0.05, 0.1) is 0 Å². The van der Waals surface area contributed by atoms with E-state index >= 15 is 0 Å². The van der Waals surface area contributed by atoms with Gasteiger partial charge < -0.3 is 4.74 Å². The van der Waals surface area contributed by atoms with Gasteiger partial charge in [-0.25, -0.2) is 9.97 Å². The lowest BCUT2D eigenvalue weighted by Gasteiger charge is -2.29. The summed E-state index contributed by atoms with van der Waals surface area (Å²) in [5, 5.41) is 0.696. The lowest BCUT2D eigenvalue weighted by molar-refractivity contribution is -0.0571. The molecule has 90 valence electrons. The van der Waals surface area contributed by atoms with Crippen LogP contribution in [0.4, 0.5) is 0 Å². The van der Waals surface area contributed by atoms with Crippen LogP contribution in [0.3, 0.4) is 0 Å². The molecule has 5 heteroatoms. The Labute approximate surface area is 106 Å². The lowest BCUT2D eigenvalue weighted by Crippen LogP contribution is -2.31. The van der Waals surface area contributed by atoms with Crippen molar-refractivity contribution in [1.82, 2.24) is 9.97 Å². The average Bonchev–Trinajstić information content (AvgIpc) is 2.24. The van der Waals surface area contributed by atoms with Crippen LogP contribution in [0.5, 0.6) is 0 Å². The molecular formula is C11H16Cl2N2O. The summed E-state index contributed by atoms with van der Waals surface area (Å²) in [4.78, 5) is 8.42. The quantitative estimate of drug-likeness (QED) is 0.757. The predicted molar refractivity (Wildman–Crippen MR) is 65.9 cm³/mol. The second-order valence-electron chi connectivity index (χ2n) is 3.47. The number of nitrogens with zero attached hydrogens (tertiary/aromatic N) is 2. The van der Waals surface area contributed by atoms with E-state index in [0.717, 1.165) is 12.8 Å². The summed E-state index contributed by atoms with van der Waals surface area (Å²) in [6.07, 6.45) is 1.57. The Kier molecular flexibility index (Phi) is 4.96. The second kappa shape index (κ2) is 5.80. The van der Waals surface area contributed by atoms with Crippen molar-refractivity contribution >= 4 is 23.2 Å². The van der Waals surface area contributed by atoms with Crippen LogP contribution in [0.2, 0.25) is 10.3 Å². The Hall–Kier alpha value is -0.380. The summed E-state index contributed by atoms with van der Waals surface area (Å²) in [5.74, 6) is 0.567. The van der Waals surface area contributed by atoms with Crippen LogP contribution in [0, 0.1) is 0 Å². The third-order valence-electron chi connectivity index (χ3n) is 2.63. The van der Waals surface area contributed by atoms with Crippen LogP contribution >= 0.6 is 23.2 Å². The minimum atomic E-state index is -0.483. The molecule has 1 heterocycles. The zero-order valence-electron chi connectivity index (χ0n) is 9.76. The summed E-state index contributed by atoms with van der Waals surface area (Å²) < 4.78 is 5.78. The van der Waals surface area contributed by atoms with Crippen molar-refractivity contribution in [2.45, 2.75) is 39.2 Å². The Morgan fingerprint density at radius 2 is 1.62 bits per heavy atom. The molecule has 0 aliphatic carbocycles. The number of hydrogen-bond acceptors (Lipinski definition) is 3. The van der Waals surface area contributed by atoms with Crippen molar-refractivity contribution in [3.05, 3.63) is 22.2 Å². The van der Waals surface area contributed by atoms with Crippen molar-refractivity contribution < 1.29 is 4.74 Å². The van der Waals surface area contributed by atoms with E-state index in [4.69, 9.17) is 27.9 Å². The Balaban J connectivity index is 3.19. The molecule has 0 radical (unpaired) electrons. The smallest absolute Gasteiger partial charge is 0.163 e. The molecule has 1 aromatic heterocycles. The fourth-order valence-corrected chi connectivity index (χ4v) is 2.13. The molecule has 0 saturated heterocycles. The molecule has 0 fully saturated rings. The average molecular weight is 263 g/mol. The van der Waals surface area contributed by atoms with E-state index in [9.17, 15) is 0 Å². The van der Waals surface area contributed by atoms with Gasteiger partial charge in [-0.15, -0.1) is 0 Å². The van der Waals surface area contributed by atoms with Crippen LogP contribution in [0.1, 0.15) is 39.4 Å². The lowest BCUT2D eigenvalue weighted by atomic mass is 9.96. The SMILES string of the molecule is CCOC(CC)(CC)c1nc(Cl)cc(Cl)n1. The molecule has 0 amide bonds. The van der Waals surface area contributed by atoms with Crippen LogP contribution in [0.15, 0.2) is 6.07 Å². The van der Waals surface area contributed by atoms with Crippen LogP contribution in [0.25, 0.3) is 0 Å². The monoisotopic (exact) mass is 262 g/mol. The molecule has 0 bridgehead atoms. The van der Waals surface area contributed by atoms with Gasteiger partial charge in [0.15, 0.2) is 5.82 Å². The van der Waals surface area contributed by atoms with Crippen molar-refractivity contribution in [3.63, 3.8) is 0 Å². The molecule has 0 spiro atoms. The highest BCUT2D eigenvalue weighted by Gasteiger charge is 2.32. The third kappa shape index (κ3) is 2.84. The minimum Gasteiger partial charge on any atom is -0.367 e. The standard InChI is InChI=1S/C11H16Cl2N2O/c1-4-11(5-2,16-6-3)10-14-8(12)7-9(13)15-10/h7H,4-6H2,1-3H3. The maximum absolute atomic E-state index is 5.88. The summed E-state index contributed by atoms with van der Waals surface area (Å²) in [6, 6.07) is 1.52. The maximum Gasteiger partial charge on any atom is 0.163 e. The van der Waals surface area contributed by atoms with Gasteiger partial charge in [0.1, 0.15) is 15.9 Å². The van der Waals surface area contributed by atoms with E-state index in [1.165, 1.54) is 6.07 Å². The van der Waals surface area contributed by atoms with Gasteiger partial charge >= 0.3 is 0 Å².